The van der Waals surface area contributed by atoms with Crippen LogP contribution >= 0.6 is 15.9 Å². The van der Waals surface area contributed by atoms with Crippen LogP contribution in [0.1, 0.15) is 39.2 Å². The highest BCUT2D eigenvalue weighted by molar-refractivity contribution is 9.10. The van der Waals surface area contributed by atoms with Gasteiger partial charge in [0.2, 0.25) is 0 Å². The summed E-state index contributed by atoms with van der Waals surface area (Å²) in [6.45, 7) is 6.74. The minimum Gasteiger partial charge on any atom is -0.444 e. The van der Waals surface area contributed by atoms with E-state index in [1.54, 1.807) is 4.90 Å². The first-order valence-corrected chi connectivity index (χ1v) is 8.50. The van der Waals surface area contributed by atoms with Gasteiger partial charge in [-0.3, -0.25) is 4.79 Å². The van der Waals surface area contributed by atoms with Gasteiger partial charge >= 0.3 is 6.09 Å². The topological polar surface area (TPSA) is 46.6 Å². The number of allylic oxidation sites excluding steroid dienone is 1. The van der Waals surface area contributed by atoms with Crippen LogP contribution in [0.4, 0.5) is 4.79 Å². The summed E-state index contributed by atoms with van der Waals surface area (Å²) >= 11 is 3.40. The molecular weight excluding hydrogens is 358 g/mol. The average molecular weight is 380 g/mol. The molecule has 0 saturated carbocycles. The molecule has 2 rings (SSSR count). The largest absolute Gasteiger partial charge is 0.444 e. The monoisotopic (exact) mass is 379 g/mol. The lowest BCUT2D eigenvalue weighted by atomic mass is 9.94. The molecular formula is C18H22BrNO3. The zero-order valence-electron chi connectivity index (χ0n) is 13.8. The van der Waals surface area contributed by atoms with Crippen LogP contribution in [0.5, 0.6) is 0 Å². The lowest BCUT2D eigenvalue weighted by Gasteiger charge is -2.31. The minimum atomic E-state index is -0.488. The number of aldehydes is 1. The molecule has 0 unspecified atom stereocenters. The van der Waals surface area contributed by atoms with Crippen LogP contribution in [0.2, 0.25) is 0 Å². The maximum atomic E-state index is 12.1. The molecule has 0 N–H and O–H groups in total. The molecule has 1 aromatic rings. The summed E-state index contributed by atoms with van der Waals surface area (Å²) in [6, 6.07) is 7.71. The Morgan fingerprint density at radius 2 is 1.74 bits per heavy atom. The predicted octanol–water partition coefficient (Wildman–Crippen LogP) is 4.43. The maximum absolute atomic E-state index is 12.1. The summed E-state index contributed by atoms with van der Waals surface area (Å²) in [5.74, 6) is 0. The van der Waals surface area contributed by atoms with Crippen molar-refractivity contribution >= 4 is 33.9 Å². The van der Waals surface area contributed by atoms with Gasteiger partial charge in [0.25, 0.3) is 0 Å². The third-order valence-electron chi connectivity index (χ3n) is 3.67. The van der Waals surface area contributed by atoms with E-state index in [2.05, 4.69) is 15.9 Å². The molecule has 23 heavy (non-hydrogen) atoms. The van der Waals surface area contributed by atoms with Gasteiger partial charge in [0.15, 0.2) is 6.29 Å². The third-order valence-corrected chi connectivity index (χ3v) is 4.20. The highest BCUT2D eigenvalue weighted by atomic mass is 79.9. The van der Waals surface area contributed by atoms with Crippen LogP contribution < -0.4 is 0 Å². The van der Waals surface area contributed by atoms with Gasteiger partial charge < -0.3 is 9.64 Å². The van der Waals surface area contributed by atoms with Crippen molar-refractivity contribution in [1.29, 1.82) is 0 Å². The second kappa shape index (κ2) is 7.30. The molecule has 0 spiro atoms. The number of piperidine rings is 1. The van der Waals surface area contributed by atoms with E-state index in [4.69, 9.17) is 4.74 Å². The Kier molecular flexibility index (Phi) is 5.63. The van der Waals surface area contributed by atoms with Crippen LogP contribution in [0.15, 0.2) is 34.3 Å². The zero-order valence-corrected chi connectivity index (χ0v) is 15.4. The van der Waals surface area contributed by atoms with Crippen LogP contribution in [0.3, 0.4) is 0 Å². The number of benzene rings is 1. The Balaban J connectivity index is 2.08. The molecule has 1 amide bonds. The summed E-state index contributed by atoms with van der Waals surface area (Å²) in [6.07, 6.45) is 2.03. The zero-order chi connectivity index (χ0) is 17.0. The lowest BCUT2D eigenvalue weighted by molar-refractivity contribution is -0.103. The number of carbonyl (C=O) groups is 2. The average Bonchev–Trinajstić information content (AvgIpc) is 2.49. The van der Waals surface area contributed by atoms with Gasteiger partial charge in [0.05, 0.1) is 0 Å². The quantitative estimate of drug-likeness (QED) is 0.563. The number of likely N-dealkylation sites (tertiary alicyclic amines) is 1. The van der Waals surface area contributed by atoms with Gasteiger partial charge in [-0.25, -0.2) is 4.79 Å². The van der Waals surface area contributed by atoms with Crippen molar-refractivity contribution in [2.75, 3.05) is 13.1 Å². The van der Waals surface area contributed by atoms with E-state index >= 15 is 0 Å². The Morgan fingerprint density at radius 3 is 2.22 bits per heavy atom. The molecule has 5 heteroatoms. The molecule has 0 bridgehead atoms. The molecule has 1 aliphatic rings. The molecule has 1 fully saturated rings. The van der Waals surface area contributed by atoms with Crippen molar-refractivity contribution < 1.29 is 14.3 Å². The molecule has 0 aliphatic carbocycles. The van der Waals surface area contributed by atoms with E-state index in [0.717, 1.165) is 27.5 Å². The first kappa shape index (κ1) is 17.7. The van der Waals surface area contributed by atoms with Crippen LogP contribution in [0, 0.1) is 0 Å². The normalized spacial score (nSPS) is 15.3. The smallest absolute Gasteiger partial charge is 0.410 e. The van der Waals surface area contributed by atoms with Crippen LogP contribution in [-0.2, 0) is 9.53 Å². The SMILES string of the molecule is CC(C)(C)OC(=O)N1CCC(=C(C=O)c2ccc(Br)cc2)CC1. The van der Waals surface area contributed by atoms with E-state index in [1.807, 2.05) is 45.0 Å². The van der Waals surface area contributed by atoms with Gasteiger partial charge in [-0.1, -0.05) is 33.6 Å². The number of hydrogen-bond donors (Lipinski definition) is 0. The van der Waals surface area contributed by atoms with E-state index in [0.29, 0.717) is 25.9 Å². The van der Waals surface area contributed by atoms with Crippen molar-refractivity contribution in [3.05, 3.63) is 39.9 Å². The van der Waals surface area contributed by atoms with Gasteiger partial charge in [-0.05, 0) is 51.3 Å². The van der Waals surface area contributed by atoms with Gasteiger partial charge in [0, 0.05) is 23.1 Å². The van der Waals surface area contributed by atoms with E-state index in [-0.39, 0.29) is 6.09 Å². The van der Waals surface area contributed by atoms with Gasteiger partial charge in [0.1, 0.15) is 5.60 Å². The van der Waals surface area contributed by atoms with Crippen molar-refractivity contribution in [3.63, 3.8) is 0 Å². The van der Waals surface area contributed by atoms with Crippen LogP contribution in [0.25, 0.3) is 5.57 Å². The maximum Gasteiger partial charge on any atom is 0.410 e. The summed E-state index contributed by atoms with van der Waals surface area (Å²) in [5.41, 5.74) is 2.27. The number of carbonyl (C=O) groups excluding carboxylic acids is 2. The first-order valence-electron chi connectivity index (χ1n) is 7.71. The number of ether oxygens (including phenoxy) is 1. The molecule has 0 atom stereocenters. The van der Waals surface area contributed by atoms with Crippen molar-refractivity contribution in [2.45, 2.75) is 39.2 Å². The summed E-state index contributed by atoms with van der Waals surface area (Å²) in [5, 5.41) is 0. The highest BCUT2D eigenvalue weighted by Crippen LogP contribution is 2.27. The van der Waals surface area contributed by atoms with E-state index < -0.39 is 5.60 Å². The standard InChI is InChI=1S/C18H22BrNO3/c1-18(2,3)23-17(22)20-10-8-14(9-11-20)16(12-21)13-4-6-15(19)7-5-13/h4-7,12H,8-11H2,1-3H3. The lowest BCUT2D eigenvalue weighted by Crippen LogP contribution is -2.40. The third kappa shape index (κ3) is 4.93. The second-order valence-corrected chi connectivity index (χ2v) is 7.53. The molecule has 1 aromatic carbocycles. The Labute approximate surface area is 145 Å². The summed E-state index contributed by atoms with van der Waals surface area (Å²) in [7, 11) is 0. The Morgan fingerprint density at radius 1 is 1.17 bits per heavy atom. The number of nitrogens with zero attached hydrogens (tertiary/aromatic N) is 1. The number of amides is 1. The number of hydrogen-bond acceptors (Lipinski definition) is 3. The van der Waals surface area contributed by atoms with Crippen molar-refractivity contribution in [1.82, 2.24) is 4.90 Å². The molecule has 0 aromatic heterocycles. The molecule has 1 saturated heterocycles. The van der Waals surface area contributed by atoms with Crippen molar-refractivity contribution in [3.8, 4) is 0 Å². The molecule has 1 aliphatic heterocycles. The highest BCUT2D eigenvalue weighted by Gasteiger charge is 2.25. The fraction of sp³-hybridized carbons (Fsp3) is 0.444. The Bertz CT molecular complexity index is 604. The van der Waals surface area contributed by atoms with E-state index in [9.17, 15) is 9.59 Å². The molecule has 1 heterocycles. The van der Waals surface area contributed by atoms with E-state index in [1.165, 1.54) is 0 Å². The van der Waals surface area contributed by atoms with Crippen molar-refractivity contribution in [2.24, 2.45) is 0 Å². The van der Waals surface area contributed by atoms with Gasteiger partial charge in [-0.15, -0.1) is 0 Å². The summed E-state index contributed by atoms with van der Waals surface area (Å²) < 4.78 is 6.38. The summed E-state index contributed by atoms with van der Waals surface area (Å²) in [4.78, 5) is 25.3. The fourth-order valence-corrected chi connectivity index (χ4v) is 2.80. The number of halogens is 1. The minimum absolute atomic E-state index is 0.284. The molecule has 124 valence electrons. The predicted molar refractivity (Wildman–Crippen MR) is 94.2 cm³/mol. The molecule has 0 radical (unpaired) electrons. The Hall–Kier alpha value is -1.62. The number of rotatable bonds is 2. The fourth-order valence-electron chi connectivity index (χ4n) is 2.54. The van der Waals surface area contributed by atoms with Gasteiger partial charge in [-0.2, -0.15) is 0 Å². The second-order valence-electron chi connectivity index (χ2n) is 6.61. The molecule has 4 nitrogen and oxygen atoms in total. The first-order chi connectivity index (χ1) is 10.8. The van der Waals surface area contributed by atoms with Crippen LogP contribution in [-0.4, -0.2) is 36.0 Å².